The Bertz CT molecular complexity index is 623. The molecule has 1 heterocycles. The van der Waals surface area contributed by atoms with Crippen LogP contribution >= 0.6 is 0 Å². The molecule has 1 aromatic carbocycles. The highest BCUT2D eigenvalue weighted by atomic mass is 19.1. The summed E-state index contributed by atoms with van der Waals surface area (Å²) in [6, 6.07) is 2.88. The molecule has 2 N–H and O–H groups in total. The number of halogens is 1. The number of hydrogen-bond acceptors (Lipinski definition) is 4. The van der Waals surface area contributed by atoms with Gasteiger partial charge in [0.15, 0.2) is 11.5 Å². The van der Waals surface area contributed by atoms with Crippen molar-refractivity contribution in [3.63, 3.8) is 0 Å². The van der Waals surface area contributed by atoms with Crippen LogP contribution in [0.2, 0.25) is 0 Å². The van der Waals surface area contributed by atoms with Crippen molar-refractivity contribution in [3.8, 4) is 22.6 Å². The summed E-state index contributed by atoms with van der Waals surface area (Å²) >= 11 is 0. The molecule has 0 radical (unpaired) electrons. The molecule has 2 aromatic rings. The molecule has 0 amide bonds. The van der Waals surface area contributed by atoms with E-state index in [1.165, 1.54) is 24.1 Å². The number of nitrogens with two attached hydrogens (primary N) is 1. The first kappa shape index (κ1) is 14.2. The van der Waals surface area contributed by atoms with Crippen LogP contribution in [0.4, 0.5) is 10.2 Å². The molecule has 108 valence electrons. The van der Waals surface area contributed by atoms with Gasteiger partial charge >= 0.3 is 0 Å². The van der Waals surface area contributed by atoms with E-state index in [1.54, 1.807) is 13.1 Å². The summed E-state index contributed by atoms with van der Waals surface area (Å²) in [5, 5.41) is 4.02. The maximum atomic E-state index is 14.2. The molecule has 0 bridgehead atoms. The van der Waals surface area contributed by atoms with Crippen molar-refractivity contribution in [2.45, 2.75) is 20.0 Å². The Labute approximate surface area is 117 Å². The lowest BCUT2D eigenvalue weighted by Crippen LogP contribution is -2.07. The minimum Gasteiger partial charge on any atom is -0.493 e. The van der Waals surface area contributed by atoms with Gasteiger partial charge in [-0.2, -0.15) is 5.10 Å². The van der Waals surface area contributed by atoms with Gasteiger partial charge in [0.25, 0.3) is 0 Å². The molecule has 5 nitrogen and oxygen atoms in total. The smallest absolute Gasteiger partial charge is 0.163 e. The van der Waals surface area contributed by atoms with E-state index in [9.17, 15) is 4.39 Å². The van der Waals surface area contributed by atoms with E-state index < -0.39 is 5.82 Å². The molecule has 2 rings (SSSR count). The number of ether oxygens (including phenoxy) is 2. The van der Waals surface area contributed by atoms with Gasteiger partial charge in [-0.15, -0.1) is 0 Å². The van der Waals surface area contributed by atoms with Gasteiger partial charge in [-0.25, -0.2) is 4.39 Å². The molecule has 0 saturated heterocycles. The van der Waals surface area contributed by atoms with Crippen molar-refractivity contribution >= 4 is 5.82 Å². The van der Waals surface area contributed by atoms with Crippen LogP contribution in [0.5, 0.6) is 11.5 Å². The van der Waals surface area contributed by atoms with Gasteiger partial charge in [-0.1, -0.05) is 0 Å². The average molecular weight is 279 g/mol. The number of hydrogen-bond donors (Lipinski definition) is 1. The normalized spacial score (nSPS) is 10.9. The second kappa shape index (κ2) is 5.40. The molecule has 20 heavy (non-hydrogen) atoms. The number of benzene rings is 1. The molecule has 0 unspecified atom stereocenters. The van der Waals surface area contributed by atoms with Crippen molar-refractivity contribution in [1.29, 1.82) is 0 Å². The monoisotopic (exact) mass is 279 g/mol. The van der Waals surface area contributed by atoms with Crippen molar-refractivity contribution in [3.05, 3.63) is 24.1 Å². The second-order valence-electron chi connectivity index (χ2n) is 4.72. The fraction of sp³-hybridized carbons (Fsp3) is 0.357. The highest BCUT2D eigenvalue weighted by Crippen LogP contribution is 2.37. The van der Waals surface area contributed by atoms with E-state index >= 15 is 0 Å². The standard InChI is InChI=1S/C14H18FN3O2/c1-8(2)20-13-5-9(11(15)6-12(13)19-4)10-7-17-18(3)14(10)16/h5-8H,16H2,1-4H3. The van der Waals surface area contributed by atoms with Crippen molar-refractivity contribution in [1.82, 2.24) is 9.78 Å². The van der Waals surface area contributed by atoms with Crippen molar-refractivity contribution in [2.24, 2.45) is 7.05 Å². The Hall–Kier alpha value is -2.24. The third-order valence-electron chi connectivity index (χ3n) is 2.89. The second-order valence-corrected chi connectivity index (χ2v) is 4.72. The third-order valence-corrected chi connectivity index (χ3v) is 2.89. The van der Waals surface area contributed by atoms with Gasteiger partial charge in [-0.3, -0.25) is 4.68 Å². The number of nitrogens with zero attached hydrogens (tertiary/aromatic N) is 2. The quantitative estimate of drug-likeness (QED) is 0.934. The fourth-order valence-electron chi connectivity index (χ4n) is 1.90. The van der Waals surface area contributed by atoms with Crippen LogP contribution < -0.4 is 15.2 Å². The predicted octanol–water partition coefficient (Wildman–Crippen LogP) is 2.60. The first-order valence-corrected chi connectivity index (χ1v) is 6.26. The molecule has 0 saturated carbocycles. The molecule has 1 aromatic heterocycles. The predicted molar refractivity (Wildman–Crippen MR) is 75.3 cm³/mol. The lowest BCUT2D eigenvalue weighted by molar-refractivity contribution is 0.229. The summed E-state index contributed by atoms with van der Waals surface area (Å²) in [4.78, 5) is 0. The minimum atomic E-state index is -0.433. The van der Waals surface area contributed by atoms with E-state index in [0.717, 1.165) is 0 Å². The number of rotatable bonds is 4. The van der Waals surface area contributed by atoms with Crippen LogP contribution in [0.25, 0.3) is 11.1 Å². The average Bonchev–Trinajstić information content (AvgIpc) is 2.71. The van der Waals surface area contributed by atoms with Crippen LogP contribution in [0.15, 0.2) is 18.3 Å². The first-order valence-electron chi connectivity index (χ1n) is 6.26. The Morgan fingerprint density at radius 3 is 2.45 bits per heavy atom. The number of aromatic nitrogens is 2. The topological polar surface area (TPSA) is 62.3 Å². The lowest BCUT2D eigenvalue weighted by atomic mass is 10.1. The highest BCUT2D eigenvalue weighted by molar-refractivity contribution is 5.76. The van der Waals surface area contributed by atoms with Crippen LogP contribution in [-0.2, 0) is 7.05 Å². The fourth-order valence-corrected chi connectivity index (χ4v) is 1.90. The summed E-state index contributed by atoms with van der Waals surface area (Å²) < 4.78 is 26.5. The van der Waals surface area contributed by atoms with Gasteiger partial charge < -0.3 is 15.2 Å². The van der Waals surface area contributed by atoms with Crippen molar-refractivity contribution in [2.75, 3.05) is 12.8 Å². The molecule has 0 fully saturated rings. The van der Waals surface area contributed by atoms with E-state index in [4.69, 9.17) is 15.2 Å². The Morgan fingerprint density at radius 1 is 1.25 bits per heavy atom. The van der Waals surface area contributed by atoms with Gasteiger partial charge in [0.2, 0.25) is 0 Å². The SMILES string of the molecule is COc1cc(F)c(-c2cnn(C)c2N)cc1OC(C)C. The zero-order chi connectivity index (χ0) is 14.9. The van der Waals surface area contributed by atoms with Crippen molar-refractivity contribution < 1.29 is 13.9 Å². The third kappa shape index (κ3) is 2.54. The largest absolute Gasteiger partial charge is 0.493 e. The number of anilines is 1. The summed E-state index contributed by atoms with van der Waals surface area (Å²) in [7, 11) is 3.17. The summed E-state index contributed by atoms with van der Waals surface area (Å²) in [5.41, 5.74) is 6.76. The first-order chi connectivity index (χ1) is 9.43. The maximum Gasteiger partial charge on any atom is 0.163 e. The number of nitrogen functional groups attached to an aromatic ring is 1. The molecule has 0 atom stereocenters. The van der Waals surface area contributed by atoms with Crippen LogP contribution in [0.1, 0.15) is 13.8 Å². The number of methoxy groups -OCH3 is 1. The Balaban J connectivity index is 2.56. The molecule has 0 aliphatic carbocycles. The zero-order valence-corrected chi connectivity index (χ0v) is 12.0. The molecular weight excluding hydrogens is 261 g/mol. The molecule has 0 spiro atoms. The molecule has 6 heteroatoms. The van der Waals surface area contributed by atoms with E-state index in [2.05, 4.69) is 5.10 Å². The highest BCUT2D eigenvalue weighted by Gasteiger charge is 2.17. The van der Waals surface area contributed by atoms with Gasteiger partial charge in [0.1, 0.15) is 11.6 Å². The summed E-state index contributed by atoms with van der Waals surface area (Å²) in [6.45, 7) is 3.78. The molecular formula is C14H18FN3O2. The van der Waals surface area contributed by atoms with Gasteiger partial charge in [-0.05, 0) is 19.9 Å². The van der Waals surface area contributed by atoms with E-state index in [0.29, 0.717) is 28.4 Å². The Kier molecular flexibility index (Phi) is 3.83. The minimum absolute atomic E-state index is 0.0477. The molecule has 0 aliphatic heterocycles. The maximum absolute atomic E-state index is 14.2. The van der Waals surface area contributed by atoms with Crippen LogP contribution in [0.3, 0.4) is 0 Å². The van der Waals surface area contributed by atoms with Crippen LogP contribution in [0, 0.1) is 5.82 Å². The zero-order valence-electron chi connectivity index (χ0n) is 12.0. The Morgan fingerprint density at radius 2 is 1.95 bits per heavy atom. The van der Waals surface area contributed by atoms with Gasteiger partial charge in [0.05, 0.1) is 19.4 Å². The lowest BCUT2D eigenvalue weighted by Gasteiger charge is -2.15. The van der Waals surface area contributed by atoms with Gasteiger partial charge in [0, 0.05) is 24.2 Å². The van der Waals surface area contributed by atoms with E-state index in [-0.39, 0.29) is 6.10 Å². The van der Waals surface area contributed by atoms with E-state index in [1.807, 2.05) is 13.8 Å². The summed E-state index contributed by atoms with van der Waals surface area (Å²) in [5.74, 6) is 0.784. The summed E-state index contributed by atoms with van der Waals surface area (Å²) in [6.07, 6.45) is 1.48. The van der Waals surface area contributed by atoms with Crippen LogP contribution in [-0.4, -0.2) is 23.0 Å². The molecule has 0 aliphatic rings. The number of aryl methyl sites for hydroxylation is 1.